The molecule has 1 aromatic carbocycles. The molecule has 27 heavy (non-hydrogen) atoms. The number of benzene rings is 1. The van der Waals surface area contributed by atoms with Crippen molar-refractivity contribution in [2.45, 2.75) is 13.5 Å². The minimum Gasteiger partial charge on any atom is -0.494 e. The van der Waals surface area contributed by atoms with Crippen molar-refractivity contribution in [1.29, 1.82) is 0 Å². The van der Waals surface area contributed by atoms with E-state index in [0.29, 0.717) is 23.9 Å². The number of carbonyl (C=O) groups excluding carboxylic acids is 2. The molecule has 9 nitrogen and oxygen atoms in total. The second-order valence-electron chi connectivity index (χ2n) is 5.32. The van der Waals surface area contributed by atoms with E-state index in [-0.39, 0.29) is 6.54 Å². The second-order valence-corrected chi connectivity index (χ2v) is 6.10. The minimum atomic E-state index is -0.633. The predicted octanol–water partition coefficient (Wildman–Crippen LogP) is 1.98. The molecule has 0 unspecified atom stereocenters. The standard InChI is InChI=1S/C17H17N5O4S/c1-2-25-14-5-3-13(4-6-14)18-15(23)10-26-16(24)9-22-20-17(19-21-22)12-7-8-27-11-12/h3-8,11H,2,9-10H2,1H3,(H,18,23). The zero-order valence-corrected chi connectivity index (χ0v) is 15.3. The van der Waals surface area contributed by atoms with Gasteiger partial charge < -0.3 is 14.8 Å². The minimum absolute atomic E-state index is 0.229. The van der Waals surface area contributed by atoms with Crippen molar-refractivity contribution >= 4 is 28.9 Å². The molecule has 10 heteroatoms. The van der Waals surface area contributed by atoms with E-state index in [1.54, 1.807) is 24.3 Å². The van der Waals surface area contributed by atoms with Crippen LogP contribution in [-0.2, 0) is 20.9 Å². The Morgan fingerprint density at radius 3 is 2.74 bits per heavy atom. The van der Waals surface area contributed by atoms with Gasteiger partial charge in [-0.1, -0.05) is 0 Å². The quantitative estimate of drug-likeness (QED) is 0.589. The molecule has 1 amide bonds. The monoisotopic (exact) mass is 387 g/mol. The first kappa shape index (κ1) is 18.5. The van der Waals surface area contributed by atoms with E-state index in [4.69, 9.17) is 9.47 Å². The highest BCUT2D eigenvalue weighted by molar-refractivity contribution is 7.08. The summed E-state index contributed by atoms with van der Waals surface area (Å²) in [6.07, 6.45) is 0. The number of tetrazole rings is 1. The Morgan fingerprint density at radius 1 is 1.22 bits per heavy atom. The lowest BCUT2D eigenvalue weighted by Gasteiger charge is -2.07. The number of carbonyl (C=O) groups is 2. The van der Waals surface area contributed by atoms with Crippen molar-refractivity contribution in [2.24, 2.45) is 0 Å². The number of amides is 1. The van der Waals surface area contributed by atoms with E-state index in [2.05, 4.69) is 20.7 Å². The fraction of sp³-hybridized carbons (Fsp3) is 0.235. The molecule has 0 radical (unpaired) electrons. The van der Waals surface area contributed by atoms with Crippen LogP contribution >= 0.6 is 11.3 Å². The van der Waals surface area contributed by atoms with Gasteiger partial charge in [0.15, 0.2) is 13.2 Å². The normalized spacial score (nSPS) is 10.4. The van der Waals surface area contributed by atoms with E-state index in [0.717, 1.165) is 10.4 Å². The fourth-order valence-corrected chi connectivity index (χ4v) is 2.76. The second kappa shape index (κ2) is 8.90. The Kier molecular flexibility index (Phi) is 6.10. The molecule has 3 aromatic rings. The van der Waals surface area contributed by atoms with Gasteiger partial charge in [0, 0.05) is 16.6 Å². The van der Waals surface area contributed by atoms with E-state index < -0.39 is 18.5 Å². The third-order valence-corrected chi connectivity index (χ3v) is 4.00. The van der Waals surface area contributed by atoms with Crippen LogP contribution in [0.5, 0.6) is 5.75 Å². The van der Waals surface area contributed by atoms with Crippen molar-refractivity contribution < 1.29 is 19.1 Å². The lowest BCUT2D eigenvalue weighted by molar-refractivity contribution is -0.148. The molecule has 0 atom stereocenters. The maximum atomic E-state index is 11.9. The number of nitrogens with zero attached hydrogens (tertiary/aromatic N) is 4. The number of aromatic nitrogens is 4. The molecule has 2 heterocycles. The smallest absolute Gasteiger partial charge is 0.330 e. The van der Waals surface area contributed by atoms with Crippen LogP contribution in [0.15, 0.2) is 41.1 Å². The highest BCUT2D eigenvalue weighted by Crippen LogP contribution is 2.17. The van der Waals surface area contributed by atoms with Gasteiger partial charge >= 0.3 is 5.97 Å². The van der Waals surface area contributed by atoms with Crippen molar-refractivity contribution in [3.63, 3.8) is 0 Å². The van der Waals surface area contributed by atoms with E-state index in [1.807, 2.05) is 23.8 Å². The highest BCUT2D eigenvalue weighted by Gasteiger charge is 2.12. The topological polar surface area (TPSA) is 108 Å². The van der Waals surface area contributed by atoms with Crippen molar-refractivity contribution in [2.75, 3.05) is 18.5 Å². The number of esters is 1. The number of thiophene rings is 1. The Hall–Kier alpha value is -3.27. The molecule has 0 saturated heterocycles. The molecule has 0 bridgehead atoms. The van der Waals surface area contributed by atoms with Gasteiger partial charge in [-0.2, -0.15) is 16.1 Å². The first-order valence-electron chi connectivity index (χ1n) is 8.12. The number of anilines is 1. The molecule has 0 saturated carbocycles. The number of ether oxygens (including phenoxy) is 2. The summed E-state index contributed by atoms with van der Waals surface area (Å²) in [5.41, 5.74) is 1.41. The molecule has 140 valence electrons. The zero-order valence-electron chi connectivity index (χ0n) is 14.5. The Labute approximate surface area is 158 Å². The van der Waals surface area contributed by atoms with Gasteiger partial charge in [-0.15, -0.1) is 10.2 Å². The molecule has 2 aromatic heterocycles. The molecule has 0 aliphatic carbocycles. The first-order chi connectivity index (χ1) is 13.1. The van der Waals surface area contributed by atoms with Gasteiger partial charge in [-0.3, -0.25) is 4.79 Å². The third-order valence-electron chi connectivity index (χ3n) is 3.32. The van der Waals surface area contributed by atoms with E-state index >= 15 is 0 Å². The van der Waals surface area contributed by atoms with Crippen molar-refractivity contribution in [3.05, 3.63) is 41.1 Å². The molecule has 1 N–H and O–H groups in total. The summed E-state index contributed by atoms with van der Waals surface area (Å²) in [7, 11) is 0. The molecular weight excluding hydrogens is 370 g/mol. The van der Waals surface area contributed by atoms with Gasteiger partial charge in [0.25, 0.3) is 5.91 Å². The van der Waals surface area contributed by atoms with Gasteiger partial charge in [0.05, 0.1) is 6.61 Å². The van der Waals surface area contributed by atoms with E-state index in [9.17, 15) is 9.59 Å². The van der Waals surface area contributed by atoms with Crippen LogP contribution < -0.4 is 10.1 Å². The Balaban J connectivity index is 1.44. The number of hydrogen-bond acceptors (Lipinski definition) is 8. The van der Waals surface area contributed by atoms with Crippen LogP contribution in [0.3, 0.4) is 0 Å². The summed E-state index contributed by atoms with van der Waals surface area (Å²) in [6, 6.07) is 8.75. The lowest BCUT2D eigenvalue weighted by atomic mass is 10.3. The largest absolute Gasteiger partial charge is 0.494 e. The van der Waals surface area contributed by atoms with Gasteiger partial charge in [0.1, 0.15) is 5.75 Å². The van der Waals surface area contributed by atoms with Crippen LogP contribution in [0.25, 0.3) is 11.4 Å². The van der Waals surface area contributed by atoms with Gasteiger partial charge in [-0.25, -0.2) is 4.79 Å². The molecule has 0 fully saturated rings. The van der Waals surface area contributed by atoms with Crippen LogP contribution in [0.2, 0.25) is 0 Å². The van der Waals surface area contributed by atoms with Crippen molar-refractivity contribution in [1.82, 2.24) is 20.2 Å². The predicted molar refractivity (Wildman–Crippen MR) is 98.3 cm³/mol. The van der Waals surface area contributed by atoms with Crippen molar-refractivity contribution in [3.8, 4) is 17.1 Å². The third kappa shape index (κ3) is 5.35. The summed E-state index contributed by atoms with van der Waals surface area (Å²) >= 11 is 1.51. The van der Waals surface area contributed by atoms with Crippen LogP contribution in [0.4, 0.5) is 5.69 Å². The molecule has 0 spiro atoms. The molecular formula is C17H17N5O4S. The fourth-order valence-electron chi connectivity index (χ4n) is 2.12. The zero-order chi connectivity index (χ0) is 19.1. The van der Waals surface area contributed by atoms with E-state index in [1.165, 1.54) is 11.3 Å². The summed E-state index contributed by atoms with van der Waals surface area (Å²) in [5.74, 6) is 0.0607. The molecule has 0 aliphatic heterocycles. The van der Waals surface area contributed by atoms with Gasteiger partial charge in [-0.05, 0) is 47.8 Å². The average Bonchev–Trinajstić information content (AvgIpc) is 3.33. The first-order valence-corrected chi connectivity index (χ1v) is 9.07. The maximum Gasteiger partial charge on any atom is 0.330 e. The highest BCUT2D eigenvalue weighted by atomic mass is 32.1. The van der Waals surface area contributed by atoms with Crippen LogP contribution in [-0.4, -0.2) is 45.3 Å². The van der Waals surface area contributed by atoms with Gasteiger partial charge in [0.2, 0.25) is 5.82 Å². The Bertz CT molecular complexity index is 892. The lowest BCUT2D eigenvalue weighted by Crippen LogP contribution is -2.23. The maximum absolute atomic E-state index is 11.9. The van der Waals surface area contributed by atoms with Crippen LogP contribution in [0.1, 0.15) is 6.92 Å². The Morgan fingerprint density at radius 2 is 2.04 bits per heavy atom. The summed E-state index contributed by atoms with van der Waals surface area (Å²) in [5, 5.41) is 18.2. The summed E-state index contributed by atoms with van der Waals surface area (Å²) < 4.78 is 10.3. The number of rotatable bonds is 8. The summed E-state index contributed by atoms with van der Waals surface area (Å²) in [4.78, 5) is 24.8. The van der Waals surface area contributed by atoms with Crippen LogP contribution in [0, 0.1) is 0 Å². The number of hydrogen-bond donors (Lipinski definition) is 1. The summed E-state index contributed by atoms with van der Waals surface area (Å²) in [6.45, 7) is 1.82. The SMILES string of the molecule is CCOc1ccc(NC(=O)COC(=O)Cn2nnc(-c3ccsc3)n2)cc1. The average molecular weight is 387 g/mol. The molecule has 3 rings (SSSR count). The molecule has 0 aliphatic rings. The number of nitrogens with one attached hydrogen (secondary N) is 1.